The van der Waals surface area contributed by atoms with E-state index in [4.69, 9.17) is 0 Å². The van der Waals surface area contributed by atoms with Gasteiger partial charge in [0.05, 0.1) is 5.69 Å². The van der Waals surface area contributed by atoms with Crippen molar-refractivity contribution in [2.75, 3.05) is 0 Å². The molecule has 7 heteroatoms. The minimum absolute atomic E-state index is 0.117. The van der Waals surface area contributed by atoms with Gasteiger partial charge in [0.1, 0.15) is 15.0 Å². The predicted octanol–water partition coefficient (Wildman–Crippen LogP) is 4.00. The van der Waals surface area contributed by atoms with Crippen molar-refractivity contribution < 1.29 is 13.5 Å². The molecule has 0 saturated heterocycles. The number of rotatable bonds is 3. The molecule has 1 aromatic carbocycles. The summed E-state index contributed by atoms with van der Waals surface area (Å²) in [6, 6.07) is 7.99. The van der Waals surface area contributed by atoms with Gasteiger partial charge in [-0.15, -0.1) is 0 Å². The second kappa shape index (κ2) is 5.14. The van der Waals surface area contributed by atoms with Gasteiger partial charge in [0, 0.05) is 6.07 Å². The van der Waals surface area contributed by atoms with Crippen molar-refractivity contribution in [2.24, 2.45) is 0 Å². The maximum Gasteiger partial charge on any atom is 0.387 e. The molecule has 2 aromatic rings. The monoisotopic (exact) mass is 366 g/mol. The van der Waals surface area contributed by atoms with Crippen LogP contribution in [0.5, 0.6) is 5.75 Å². The third-order valence-corrected chi connectivity index (χ3v) is 2.89. The summed E-state index contributed by atoms with van der Waals surface area (Å²) in [5.41, 5.74) is 0.740. The maximum atomic E-state index is 12.0. The Balaban J connectivity index is 2.26. The van der Waals surface area contributed by atoms with Crippen LogP contribution in [0.25, 0.3) is 5.69 Å². The molecule has 0 spiro atoms. The normalized spacial score (nSPS) is 10.9. The third kappa shape index (κ3) is 3.04. The van der Waals surface area contributed by atoms with E-state index in [9.17, 15) is 8.78 Å². The molecule has 1 heterocycles. The minimum atomic E-state index is -2.81. The third-order valence-electron chi connectivity index (χ3n) is 1.94. The number of alkyl halides is 2. The van der Waals surface area contributed by atoms with Gasteiger partial charge in [0.15, 0.2) is 0 Å². The van der Waals surface area contributed by atoms with Crippen LogP contribution in [0.2, 0.25) is 0 Å². The largest absolute Gasteiger partial charge is 0.435 e. The molecule has 0 amide bonds. The van der Waals surface area contributed by atoms with E-state index >= 15 is 0 Å². The highest BCUT2D eigenvalue weighted by Gasteiger charge is 2.07. The van der Waals surface area contributed by atoms with Crippen molar-refractivity contribution >= 4 is 31.9 Å². The average Bonchev–Trinajstić information content (AvgIpc) is 2.58. The van der Waals surface area contributed by atoms with E-state index in [2.05, 4.69) is 41.7 Å². The summed E-state index contributed by atoms with van der Waals surface area (Å²) in [6.45, 7) is -2.81. The van der Waals surface area contributed by atoms with E-state index in [1.807, 2.05) is 0 Å². The number of nitrogens with zero attached hydrogens (tertiary/aromatic N) is 2. The highest BCUT2D eigenvalue weighted by atomic mass is 79.9. The standard InChI is InChI=1S/C10H6Br2F2N2O/c11-8-5-9(12)16(15-8)6-1-3-7(4-2-6)17-10(13)14/h1-5,10H. The van der Waals surface area contributed by atoms with Gasteiger partial charge in [-0.1, -0.05) is 0 Å². The van der Waals surface area contributed by atoms with E-state index in [0.717, 1.165) is 10.3 Å². The number of halogens is 4. The Bertz CT molecular complexity index is 514. The van der Waals surface area contributed by atoms with E-state index in [-0.39, 0.29) is 5.75 Å². The van der Waals surface area contributed by atoms with Crippen LogP contribution in [0.15, 0.2) is 39.5 Å². The molecule has 0 radical (unpaired) electrons. The fourth-order valence-corrected chi connectivity index (χ4v) is 2.46. The molecule has 0 saturated carbocycles. The lowest BCUT2D eigenvalue weighted by Crippen LogP contribution is -2.02. The van der Waals surface area contributed by atoms with E-state index in [1.165, 1.54) is 12.1 Å². The second-order valence-corrected chi connectivity index (χ2v) is 4.70. The molecule has 0 bridgehead atoms. The summed E-state index contributed by atoms with van der Waals surface area (Å²) in [5, 5.41) is 4.17. The summed E-state index contributed by atoms with van der Waals surface area (Å²) in [5.74, 6) is 0.117. The van der Waals surface area contributed by atoms with Crippen molar-refractivity contribution in [1.29, 1.82) is 0 Å². The van der Waals surface area contributed by atoms with Gasteiger partial charge in [-0.05, 0) is 56.1 Å². The predicted molar refractivity (Wildman–Crippen MR) is 65.6 cm³/mol. The van der Waals surface area contributed by atoms with Crippen molar-refractivity contribution in [1.82, 2.24) is 9.78 Å². The van der Waals surface area contributed by atoms with Gasteiger partial charge in [0.2, 0.25) is 0 Å². The van der Waals surface area contributed by atoms with Crippen LogP contribution in [0.3, 0.4) is 0 Å². The first kappa shape index (κ1) is 12.5. The van der Waals surface area contributed by atoms with Gasteiger partial charge in [-0.3, -0.25) is 0 Å². The number of hydrogen-bond acceptors (Lipinski definition) is 2. The molecule has 3 nitrogen and oxygen atoms in total. The smallest absolute Gasteiger partial charge is 0.387 e. The fourth-order valence-electron chi connectivity index (χ4n) is 1.28. The number of ether oxygens (including phenoxy) is 1. The molecule has 2 rings (SSSR count). The van der Waals surface area contributed by atoms with Gasteiger partial charge in [-0.2, -0.15) is 13.9 Å². The molecule has 0 atom stereocenters. The van der Waals surface area contributed by atoms with Crippen molar-refractivity contribution in [2.45, 2.75) is 6.61 Å². The first-order chi connectivity index (χ1) is 8.06. The summed E-state index contributed by atoms with van der Waals surface area (Å²) in [6.07, 6.45) is 0. The van der Waals surface area contributed by atoms with Gasteiger partial charge < -0.3 is 4.74 Å². The molecule has 0 aliphatic rings. The number of hydrogen-bond donors (Lipinski definition) is 0. The molecule has 1 aromatic heterocycles. The van der Waals surface area contributed by atoms with E-state index < -0.39 is 6.61 Å². The molecular formula is C10H6Br2F2N2O. The van der Waals surface area contributed by atoms with Crippen LogP contribution in [0, 0.1) is 0 Å². The molecular weight excluding hydrogens is 362 g/mol. The van der Waals surface area contributed by atoms with Crippen molar-refractivity contribution in [3.8, 4) is 11.4 Å². The zero-order chi connectivity index (χ0) is 12.4. The van der Waals surface area contributed by atoms with Crippen LogP contribution < -0.4 is 4.74 Å². The first-order valence-electron chi connectivity index (χ1n) is 4.52. The van der Waals surface area contributed by atoms with Crippen molar-refractivity contribution in [3.63, 3.8) is 0 Å². The zero-order valence-electron chi connectivity index (χ0n) is 8.28. The van der Waals surface area contributed by atoms with Crippen LogP contribution in [0.1, 0.15) is 0 Å². The lowest BCUT2D eigenvalue weighted by Gasteiger charge is -2.06. The Morgan fingerprint density at radius 1 is 1.18 bits per heavy atom. The summed E-state index contributed by atoms with van der Waals surface area (Å²) >= 11 is 6.57. The highest BCUT2D eigenvalue weighted by molar-refractivity contribution is 9.11. The Labute approximate surface area is 113 Å². The van der Waals surface area contributed by atoms with Crippen LogP contribution in [-0.2, 0) is 0 Å². The average molecular weight is 368 g/mol. The zero-order valence-corrected chi connectivity index (χ0v) is 11.5. The Morgan fingerprint density at radius 3 is 2.29 bits per heavy atom. The lowest BCUT2D eigenvalue weighted by atomic mass is 10.3. The summed E-state index contributed by atoms with van der Waals surface area (Å²) < 4.78 is 31.2. The van der Waals surface area contributed by atoms with Gasteiger partial charge >= 0.3 is 6.61 Å². The Hall–Kier alpha value is -0.950. The molecule has 90 valence electrons. The SMILES string of the molecule is FC(F)Oc1ccc(-n2nc(Br)cc2Br)cc1. The number of benzene rings is 1. The minimum Gasteiger partial charge on any atom is -0.435 e. The van der Waals surface area contributed by atoms with Gasteiger partial charge in [-0.25, -0.2) is 4.68 Å². The van der Waals surface area contributed by atoms with E-state index in [0.29, 0.717) is 4.60 Å². The molecule has 0 N–H and O–H groups in total. The van der Waals surface area contributed by atoms with Crippen LogP contribution in [0.4, 0.5) is 8.78 Å². The Morgan fingerprint density at radius 2 is 1.82 bits per heavy atom. The molecule has 0 fully saturated rings. The topological polar surface area (TPSA) is 27.1 Å². The molecule has 0 aliphatic carbocycles. The van der Waals surface area contributed by atoms with E-state index in [1.54, 1.807) is 22.9 Å². The molecule has 0 unspecified atom stereocenters. The summed E-state index contributed by atoms with van der Waals surface area (Å²) in [4.78, 5) is 0. The quantitative estimate of drug-likeness (QED) is 0.819. The second-order valence-electron chi connectivity index (χ2n) is 3.07. The Kier molecular flexibility index (Phi) is 3.78. The van der Waals surface area contributed by atoms with Gasteiger partial charge in [0.25, 0.3) is 0 Å². The van der Waals surface area contributed by atoms with Crippen LogP contribution >= 0.6 is 31.9 Å². The lowest BCUT2D eigenvalue weighted by molar-refractivity contribution is -0.0498. The molecule has 0 aliphatic heterocycles. The highest BCUT2D eigenvalue weighted by Crippen LogP contribution is 2.23. The maximum absolute atomic E-state index is 12.0. The number of aromatic nitrogens is 2. The molecule has 17 heavy (non-hydrogen) atoms. The first-order valence-corrected chi connectivity index (χ1v) is 6.11. The summed E-state index contributed by atoms with van der Waals surface area (Å²) in [7, 11) is 0. The fraction of sp³-hybridized carbons (Fsp3) is 0.100. The van der Waals surface area contributed by atoms with Crippen molar-refractivity contribution in [3.05, 3.63) is 39.5 Å². The van der Waals surface area contributed by atoms with Crippen LogP contribution in [-0.4, -0.2) is 16.4 Å².